The molecule has 0 aromatic carbocycles. The van der Waals surface area contributed by atoms with E-state index in [9.17, 15) is 19.2 Å². The molecule has 14 nitrogen and oxygen atoms in total. The van der Waals surface area contributed by atoms with Crippen LogP contribution in [0.2, 0.25) is 0 Å². The van der Waals surface area contributed by atoms with Crippen molar-refractivity contribution in [3.63, 3.8) is 0 Å². The molecule has 8 N–H and O–H groups in total. The van der Waals surface area contributed by atoms with Gasteiger partial charge in [0, 0.05) is 24.2 Å². The lowest BCUT2D eigenvalue weighted by molar-refractivity contribution is -0.0294. The molecule has 4 saturated carbocycles. The number of nitrogens with two attached hydrogens (primary N) is 2. The van der Waals surface area contributed by atoms with Crippen LogP contribution in [0, 0.1) is 23.7 Å². The first-order chi connectivity index (χ1) is 27.1. The number of ether oxygens (including phenoxy) is 5. The standard InChI is InChI=1S/C23H42N2O4.C13H26N2.C10H18O5.H2O/c1-22(2,3)28-20(26)24-18-11-7-16(8-12-18)15-17-9-13-19(14-10-17)25-21(27)29-23(4,5)6;14-12-5-1-10(2-6-12)9-11-3-7-13(15)8-4-11;1-9(2,3)14-7(11)13-8(12)15-10(4,5)6;/h16-19H,7-15H2,1-6H3,(H,24,26)(H,25,27);10-13H,1-9,14-15H2;1-6H3;1H2. The van der Waals surface area contributed by atoms with Crippen LogP contribution in [0.1, 0.15) is 199 Å². The number of amides is 2. The van der Waals surface area contributed by atoms with E-state index in [1.54, 1.807) is 41.5 Å². The van der Waals surface area contributed by atoms with Crippen LogP contribution in [0.15, 0.2) is 0 Å². The maximum absolute atomic E-state index is 11.9. The molecule has 4 rings (SSSR count). The molecule has 0 aliphatic heterocycles. The summed E-state index contributed by atoms with van der Waals surface area (Å²) in [6.07, 6.45) is 19.5. The molecule has 0 atom stereocenters. The Labute approximate surface area is 363 Å². The molecular formula is C46H88N4O10. The monoisotopic (exact) mass is 857 g/mol. The zero-order valence-corrected chi connectivity index (χ0v) is 39.7. The lowest BCUT2D eigenvalue weighted by Gasteiger charge is -2.34. The lowest BCUT2D eigenvalue weighted by Crippen LogP contribution is -2.41. The van der Waals surface area contributed by atoms with E-state index in [4.69, 9.17) is 30.4 Å². The van der Waals surface area contributed by atoms with Crippen molar-refractivity contribution in [1.29, 1.82) is 0 Å². The second-order valence-electron chi connectivity index (χ2n) is 21.8. The Hall–Kier alpha value is -2.84. The molecule has 14 heteroatoms. The van der Waals surface area contributed by atoms with Crippen LogP contribution >= 0.6 is 0 Å². The van der Waals surface area contributed by atoms with Crippen molar-refractivity contribution in [2.24, 2.45) is 35.1 Å². The second kappa shape index (κ2) is 25.3. The van der Waals surface area contributed by atoms with E-state index in [1.807, 2.05) is 41.5 Å². The number of carbonyl (C=O) groups excluding carboxylic acids is 4. The molecule has 0 unspecified atom stereocenters. The Morgan fingerprint density at radius 2 is 0.650 bits per heavy atom. The molecule has 4 fully saturated rings. The zero-order chi connectivity index (χ0) is 44.6. The summed E-state index contributed by atoms with van der Waals surface area (Å²) in [4.78, 5) is 45.9. The second-order valence-corrected chi connectivity index (χ2v) is 21.8. The Balaban J connectivity index is 0.000000490. The minimum absolute atomic E-state index is 0. The van der Waals surface area contributed by atoms with Gasteiger partial charge in [0.15, 0.2) is 0 Å². The summed E-state index contributed by atoms with van der Waals surface area (Å²) in [5.41, 5.74) is 9.58. The molecule has 2 amide bonds. The van der Waals surface area contributed by atoms with Gasteiger partial charge in [-0.3, -0.25) is 0 Å². The molecule has 0 radical (unpaired) electrons. The molecule has 0 spiro atoms. The number of carbonyl (C=O) groups is 4. The number of hydrogen-bond donors (Lipinski definition) is 4. The summed E-state index contributed by atoms with van der Waals surface area (Å²) in [6.45, 7) is 21.4. The van der Waals surface area contributed by atoms with Gasteiger partial charge in [0.2, 0.25) is 0 Å². The van der Waals surface area contributed by atoms with E-state index >= 15 is 0 Å². The van der Waals surface area contributed by atoms with Gasteiger partial charge in [0.25, 0.3) is 0 Å². The quantitative estimate of drug-likeness (QED) is 0.112. The molecule has 0 aromatic heterocycles. The van der Waals surface area contributed by atoms with Gasteiger partial charge in [-0.25, -0.2) is 19.2 Å². The third kappa shape index (κ3) is 27.2. The van der Waals surface area contributed by atoms with Crippen LogP contribution in [0.25, 0.3) is 0 Å². The summed E-state index contributed by atoms with van der Waals surface area (Å²) in [5, 5.41) is 6.05. The summed E-state index contributed by atoms with van der Waals surface area (Å²) in [7, 11) is 0. The van der Waals surface area contributed by atoms with Gasteiger partial charge in [-0.2, -0.15) is 0 Å². The third-order valence-corrected chi connectivity index (χ3v) is 11.2. The molecule has 0 aromatic rings. The number of alkyl carbamates (subject to hydrolysis) is 2. The van der Waals surface area contributed by atoms with Gasteiger partial charge in [0.1, 0.15) is 22.4 Å². The molecule has 4 aliphatic rings. The van der Waals surface area contributed by atoms with Crippen LogP contribution in [0.3, 0.4) is 0 Å². The van der Waals surface area contributed by atoms with Crippen molar-refractivity contribution < 1.29 is 48.3 Å². The highest BCUT2D eigenvalue weighted by molar-refractivity contribution is 5.77. The highest BCUT2D eigenvalue weighted by Gasteiger charge is 2.30. The largest absolute Gasteiger partial charge is 0.519 e. The maximum Gasteiger partial charge on any atom is 0.519 e. The summed E-state index contributed by atoms with van der Waals surface area (Å²) >= 11 is 0. The minimum Gasteiger partial charge on any atom is -0.444 e. The van der Waals surface area contributed by atoms with Crippen LogP contribution < -0.4 is 22.1 Å². The van der Waals surface area contributed by atoms with Crippen molar-refractivity contribution in [3.05, 3.63) is 0 Å². The average molecular weight is 857 g/mol. The minimum atomic E-state index is -1.06. The fourth-order valence-electron chi connectivity index (χ4n) is 8.43. The van der Waals surface area contributed by atoms with Gasteiger partial charge in [-0.15, -0.1) is 0 Å². The van der Waals surface area contributed by atoms with E-state index in [-0.39, 0.29) is 29.7 Å². The summed E-state index contributed by atoms with van der Waals surface area (Å²) < 4.78 is 24.5. The number of rotatable bonds is 6. The van der Waals surface area contributed by atoms with Crippen molar-refractivity contribution >= 4 is 24.5 Å². The van der Waals surface area contributed by atoms with E-state index in [2.05, 4.69) is 15.4 Å². The van der Waals surface area contributed by atoms with Crippen molar-refractivity contribution in [2.45, 2.75) is 245 Å². The van der Waals surface area contributed by atoms with Gasteiger partial charge < -0.3 is 51.3 Å². The average Bonchev–Trinajstić information content (AvgIpc) is 3.06. The van der Waals surface area contributed by atoms with Gasteiger partial charge >= 0.3 is 24.5 Å². The van der Waals surface area contributed by atoms with E-state index in [0.717, 1.165) is 49.4 Å². The Morgan fingerprint density at radius 3 is 0.883 bits per heavy atom. The van der Waals surface area contributed by atoms with E-state index in [0.29, 0.717) is 12.1 Å². The van der Waals surface area contributed by atoms with Gasteiger partial charge in [-0.05, 0) is 222 Å². The topological polar surface area (TPSA) is 222 Å². The van der Waals surface area contributed by atoms with Crippen LogP contribution in [-0.2, 0) is 23.7 Å². The first-order valence-corrected chi connectivity index (χ1v) is 22.8. The van der Waals surface area contributed by atoms with Crippen LogP contribution in [0.5, 0.6) is 0 Å². The molecule has 60 heavy (non-hydrogen) atoms. The molecule has 352 valence electrons. The highest BCUT2D eigenvalue weighted by atomic mass is 16.8. The van der Waals surface area contributed by atoms with Crippen LogP contribution in [0.4, 0.5) is 19.2 Å². The SMILES string of the molecule is CC(C)(C)OC(=O)NC1CCC(CC2CCC(NC(=O)OC(C)(C)C)CC2)CC1.CC(C)(C)OC(=O)OC(=O)OC(C)(C)C.NC1CCC(CC2CCC(N)CC2)CC1.O. The fraction of sp³-hybridized carbons (Fsp3) is 0.913. The van der Waals surface area contributed by atoms with Crippen molar-refractivity contribution in [3.8, 4) is 0 Å². The first-order valence-electron chi connectivity index (χ1n) is 22.8. The van der Waals surface area contributed by atoms with E-state index in [1.165, 1.54) is 89.9 Å². The van der Waals surface area contributed by atoms with Crippen LogP contribution in [-0.4, -0.2) is 76.5 Å². The summed E-state index contributed by atoms with van der Waals surface area (Å²) in [5.74, 6) is 3.47. The predicted molar refractivity (Wildman–Crippen MR) is 236 cm³/mol. The molecule has 0 bridgehead atoms. The Kier molecular flexibility index (Phi) is 23.3. The Bertz CT molecular complexity index is 1160. The van der Waals surface area contributed by atoms with Crippen molar-refractivity contribution in [1.82, 2.24) is 10.6 Å². The summed E-state index contributed by atoms with van der Waals surface area (Å²) in [6, 6.07) is 1.49. The molecule has 0 saturated heterocycles. The van der Waals surface area contributed by atoms with Crippen molar-refractivity contribution in [2.75, 3.05) is 0 Å². The molecule has 0 heterocycles. The maximum atomic E-state index is 11.9. The lowest BCUT2D eigenvalue weighted by atomic mass is 9.76. The van der Waals surface area contributed by atoms with E-state index < -0.39 is 34.7 Å². The number of nitrogens with one attached hydrogen (secondary N) is 2. The zero-order valence-electron chi connectivity index (χ0n) is 39.7. The smallest absolute Gasteiger partial charge is 0.444 e. The van der Waals surface area contributed by atoms with Gasteiger partial charge in [-0.1, -0.05) is 0 Å². The first kappa shape index (κ1) is 55.2. The predicted octanol–water partition coefficient (Wildman–Crippen LogP) is 10.0. The fourth-order valence-corrected chi connectivity index (χ4v) is 8.43. The Morgan fingerprint density at radius 1 is 0.417 bits per heavy atom. The normalized spacial score (nSPS) is 27.4. The third-order valence-electron chi connectivity index (χ3n) is 11.2. The highest BCUT2D eigenvalue weighted by Crippen LogP contribution is 2.36. The van der Waals surface area contributed by atoms with Gasteiger partial charge in [0.05, 0.1) is 0 Å². The molecule has 4 aliphatic carbocycles. The number of hydrogen-bond acceptors (Lipinski definition) is 11. The molecular weight excluding hydrogens is 769 g/mol.